The molecule has 1 atom stereocenters. The van der Waals surface area contributed by atoms with Gasteiger partial charge in [-0.3, -0.25) is 4.79 Å². The average molecular weight is 296 g/mol. The fourth-order valence-electron chi connectivity index (χ4n) is 1.38. The van der Waals surface area contributed by atoms with Gasteiger partial charge >= 0.3 is 11.5 Å². The zero-order valence-electron chi connectivity index (χ0n) is 10.1. The molecule has 0 fully saturated rings. The summed E-state index contributed by atoms with van der Waals surface area (Å²) in [5, 5.41) is 0. The second-order valence-corrected chi connectivity index (χ2v) is 5.70. The number of carbonyl (C=O) groups excluding carboxylic acids is 1. The molecule has 0 saturated carbocycles. The number of ether oxygens (including phenoxy) is 1. The maximum absolute atomic E-state index is 12.3. The first kappa shape index (κ1) is 15.5. The summed E-state index contributed by atoms with van der Waals surface area (Å²) in [6, 6.07) is 3.94. The molecule has 1 rings (SSSR count). The molecule has 0 aliphatic rings. The van der Waals surface area contributed by atoms with Crippen molar-refractivity contribution in [3.63, 3.8) is 0 Å². The zero-order chi connectivity index (χ0) is 14.8. The van der Waals surface area contributed by atoms with Crippen LogP contribution in [0.2, 0.25) is 0 Å². The lowest BCUT2D eigenvalue weighted by molar-refractivity contribution is -0.142. The maximum atomic E-state index is 12.3. The lowest BCUT2D eigenvalue weighted by Gasteiger charge is -2.11. The van der Waals surface area contributed by atoms with Crippen LogP contribution in [0.3, 0.4) is 0 Å². The van der Waals surface area contributed by atoms with Gasteiger partial charge in [-0.25, -0.2) is 8.42 Å². The first-order chi connectivity index (χ1) is 8.61. The molecule has 0 N–H and O–H groups in total. The van der Waals surface area contributed by atoms with Crippen LogP contribution in [0.5, 0.6) is 0 Å². The maximum Gasteiger partial charge on any atom is 0.501 e. The lowest BCUT2D eigenvalue weighted by atomic mass is 10.0. The number of sulfone groups is 1. The summed E-state index contributed by atoms with van der Waals surface area (Å²) >= 11 is 0. The van der Waals surface area contributed by atoms with Crippen LogP contribution in [0, 0.1) is 0 Å². The average Bonchev–Trinajstić information content (AvgIpc) is 2.35. The largest absolute Gasteiger partial charge is 0.501 e. The van der Waals surface area contributed by atoms with E-state index in [0.29, 0.717) is 5.56 Å². The SMILES string of the molecule is COC(=O)C(C)c1ccc(S(=O)(=O)C(F)(F)F)cc1. The highest BCUT2D eigenvalue weighted by molar-refractivity contribution is 7.92. The smallest absolute Gasteiger partial charge is 0.469 e. The van der Waals surface area contributed by atoms with Crippen molar-refractivity contribution in [3.8, 4) is 0 Å². The van der Waals surface area contributed by atoms with Gasteiger partial charge < -0.3 is 4.74 Å². The molecule has 0 aliphatic heterocycles. The van der Waals surface area contributed by atoms with Crippen molar-refractivity contribution in [1.82, 2.24) is 0 Å². The van der Waals surface area contributed by atoms with E-state index >= 15 is 0 Å². The van der Waals surface area contributed by atoms with Crippen LogP contribution in [0.1, 0.15) is 18.4 Å². The number of hydrogen-bond donors (Lipinski definition) is 0. The Balaban J connectivity index is 3.11. The molecular formula is C11H11F3O4S. The fraction of sp³-hybridized carbons (Fsp3) is 0.364. The number of esters is 1. The van der Waals surface area contributed by atoms with Gasteiger partial charge in [0.25, 0.3) is 9.84 Å². The minimum Gasteiger partial charge on any atom is -0.469 e. The topological polar surface area (TPSA) is 60.4 Å². The Morgan fingerprint density at radius 1 is 1.21 bits per heavy atom. The molecule has 0 radical (unpaired) electrons. The number of halogens is 3. The summed E-state index contributed by atoms with van der Waals surface area (Å²) in [5.41, 5.74) is -4.98. The quantitative estimate of drug-likeness (QED) is 0.803. The first-order valence-electron chi connectivity index (χ1n) is 5.10. The van der Waals surface area contributed by atoms with Crippen molar-refractivity contribution in [2.24, 2.45) is 0 Å². The Labute approximate surface area is 108 Å². The number of hydrogen-bond acceptors (Lipinski definition) is 4. The first-order valence-corrected chi connectivity index (χ1v) is 6.58. The molecule has 0 aromatic heterocycles. The molecule has 1 aromatic rings. The molecule has 0 amide bonds. The highest BCUT2D eigenvalue weighted by Gasteiger charge is 2.46. The molecular weight excluding hydrogens is 285 g/mol. The van der Waals surface area contributed by atoms with Gasteiger partial charge in [-0.15, -0.1) is 0 Å². The minimum absolute atomic E-state index is 0.368. The van der Waals surface area contributed by atoms with Crippen LogP contribution >= 0.6 is 0 Å². The molecule has 4 nitrogen and oxygen atoms in total. The molecule has 19 heavy (non-hydrogen) atoms. The summed E-state index contributed by atoms with van der Waals surface area (Å²) in [6.07, 6.45) is 0. The van der Waals surface area contributed by atoms with Gasteiger partial charge in [0.05, 0.1) is 17.9 Å². The van der Waals surface area contributed by atoms with Gasteiger partial charge in [0.2, 0.25) is 0 Å². The van der Waals surface area contributed by atoms with Gasteiger partial charge in [0.1, 0.15) is 0 Å². The van der Waals surface area contributed by atoms with Gasteiger partial charge in [0.15, 0.2) is 0 Å². The third-order valence-corrected chi connectivity index (χ3v) is 4.05. The van der Waals surface area contributed by atoms with E-state index in [1.54, 1.807) is 0 Å². The molecule has 106 valence electrons. The van der Waals surface area contributed by atoms with E-state index in [-0.39, 0.29) is 0 Å². The molecule has 0 aliphatic carbocycles. The summed E-state index contributed by atoms with van der Waals surface area (Å²) < 4.78 is 63.6. The van der Waals surface area contributed by atoms with Gasteiger partial charge in [-0.2, -0.15) is 13.2 Å². The predicted molar refractivity (Wildman–Crippen MR) is 60.1 cm³/mol. The summed E-state index contributed by atoms with van der Waals surface area (Å²) in [6.45, 7) is 1.50. The zero-order valence-corrected chi connectivity index (χ0v) is 10.9. The second kappa shape index (κ2) is 5.20. The third kappa shape index (κ3) is 3.06. The van der Waals surface area contributed by atoms with E-state index in [0.717, 1.165) is 24.3 Å². The Morgan fingerprint density at radius 3 is 2.05 bits per heavy atom. The standard InChI is InChI=1S/C11H11F3O4S/c1-7(10(15)18-2)8-3-5-9(6-4-8)19(16,17)11(12,13)14/h3-7H,1-2H3. The van der Waals surface area contributed by atoms with E-state index in [1.807, 2.05) is 0 Å². The Bertz CT molecular complexity index is 561. The van der Waals surface area contributed by atoms with E-state index < -0.39 is 32.1 Å². The summed E-state index contributed by atoms with van der Waals surface area (Å²) in [4.78, 5) is 10.4. The van der Waals surface area contributed by atoms with Crippen molar-refractivity contribution >= 4 is 15.8 Å². The predicted octanol–water partition coefficient (Wildman–Crippen LogP) is 2.26. The van der Waals surface area contributed by atoms with E-state index in [2.05, 4.69) is 4.74 Å². The molecule has 1 unspecified atom stereocenters. The van der Waals surface area contributed by atoms with Crippen LogP contribution in [-0.2, 0) is 19.4 Å². The monoisotopic (exact) mass is 296 g/mol. The Morgan fingerprint density at radius 2 is 1.68 bits per heavy atom. The molecule has 0 saturated heterocycles. The number of benzene rings is 1. The van der Waals surface area contributed by atoms with Crippen molar-refractivity contribution in [2.45, 2.75) is 23.2 Å². The normalized spacial score (nSPS) is 13.9. The minimum atomic E-state index is -5.36. The van der Waals surface area contributed by atoms with Crippen molar-refractivity contribution < 1.29 is 31.1 Å². The van der Waals surface area contributed by atoms with E-state index in [4.69, 9.17) is 0 Å². The van der Waals surface area contributed by atoms with Gasteiger partial charge in [-0.05, 0) is 24.6 Å². The molecule has 0 bridgehead atoms. The highest BCUT2D eigenvalue weighted by Crippen LogP contribution is 2.30. The van der Waals surface area contributed by atoms with Crippen LogP contribution in [-0.4, -0.2) is 27.0 Å². The van der Waals surface area contributed by atoms with Crippen LogP contribution in [0.25, 0.3) is 0 Å². The molecule has 0 spiro atoms. The molecule has 8 heteroatoms. The van der Waals surface area contributed by atoms with E-state index in [1.165, 1.54) is 14.0 Å². The fourth-order valence-corrected chi connectivity index (χ4v) is 2.14. The van der Waals surface area contributed by atoms with E-state index in [9.17, 15) is 26.4 Å². The highest BCUT2D eigenvalue weighted by atomic mass is 32.2. The van der Waals surface area contributed by atoms with Crippen molar-refractivity contribution in [2.75, 3.05) is 7.11 Å². The Hall–Kier alpha value is -1.57. The number of rotatable bonds is 3. The summed E-state index contributed by atoms with van der Waals surface area (Å²) in [5.74, 6) is -1.25. The van der Waals surface area contributed by atoms with Crippen molar-refractivity contribution in [3.05, 3.63) is 29.8 Å². The number of methoxy groups -OCH3 is 1. The Kier molecular flexibility index (Phi) is 4.24. The van der Waals surface area contributed by atoms with Crippen LogP contribution in [0.4, 0.5) is 13.2 Å². The molecule has 0 heterocycles. The third-order valence-electron chi connectivity index (χ3n) is 2.55. The second-order valence-electron chi connectivity index (χ2n) is 3.76. The van der Waals surface area contributed by atoms with Gasteiger partial charge in [-0.1, -0.05) is 12.1 Å². The number of carbonyl (C=O) groups is 1. The van der Waals surface area contributed by atoms with Crippen LogP contribution in [0.15, 0.2) is 29.2 Å². The lowest BCUT2D eigenvalue weighted by Crippen LogP contribution is -2.23. The summed E-state index contributed by atoms with van der Waals surface area (Å²) in [7, 11) is -4.18. The van der Waals surface area contributed by atoms with Crippen LogP contribution < -0.4 is 0 Å². The molecule has 1 aromatic carbocycles. The van der Waals surface area contributed by atoms with Crippen molar-refractivity contribution in [1.29, 1.82) is 0 Å². The number of alkyl halides is 3. The van der Waals surface area contributed by atoms with Gasteiger partial charge in [0, 0.05) is 0 Å².